The third kappa shape index (κ3) is 4.95. The van der Waals surface area contributed by atoms with Gasteiger partial charge in [0.25, 0.3) is 0 Å². The first-order valence-corrected chi connectivity index (χ1v) is 12.7. The molecule has 0 amide bonds. The largest absolute Gasteiger partial charge is 0.495 e. The van der Waals surface area contributed by atoms with Crippen molar-refractivity contribution < 1.29 is 22.7 Å². The summed E-state index contributed by atoms with van der Waals surface area (Å²) >= 11 is 0. The van der Waals surface area contributed by atoms with Crippen molar-refractivity contribution in [3.05, 3.63) is 77.5 Å². The van der Waals surface area contributed by atoms with Crippen LogP contribution in [-0.2, 0) is 15.6 Å². The van der Waals surface area contributed by atoms with Crippen molar-refractivity contribution in [3.63, 3.8) is 0 Å². The Kier molecular flexibility index (Phi) is 7.09. The average Bonchev–Trinajstić information content (AvgIpc) is 3.25. The van der Waals surface area contributed by atoms with Crippen LogP contribution in [0.5, 0.6) is 5.75 Å². The van der Waals surface area contributed by atoms with Crippen LogP contribution in [0.3, 0.4) is 0 Å². The summed E-state index contributed by atoms with van der Waals surface area (Å²) in [5, 5.41) is 17.8. The van der Waals surface area contributed by atoms with E-state index >= 15 is 0 Å². The maximum Gasteiger partial charge on any atom is 0.187 e. The predicted molar refractivity (Wildman–Crippen MR) is 130 cm³/mol. The SMILES string of the molecule is COc1cccc(C)c1-n1c(CS(=O)(=O)[C@H](C)[C@H](O)c2ncc(F)cn2)nnc1-c1cccc(C)n1. The van der Waals surface area contributed by atoms with Crippen LogP contribution < -0.4 is 4.74 Å². The Morgan fingerprint density at radius 3 is 2.44 bits per heavy atom. The van der Waals surface area contributed by atoms with Gasteiger partial charge in [0, 0.05) is 5.69 Å². The minimum atomic E-state index is -4.02. The zero-order valence-corrected chi connectivity index (χ0v) is 20.9. The third-order valence-corrected chi connectivity index (χ3v) is 7.79. The summed E-state index contributed by atoms with van der Waals surface area (Å²) in [6, 6.07) is 10.9. The van der Waals surface area contributed by atoms with E-state index in [-0.39, 0.29) is 11.6 Å². The molecule has 4 aromatic rings. The van der Waals surface area contributed by atoms with Gasteiger partial charge in [0.05, 0.1) is 30.4 Å². The summed E-state index contributed by atoms with van der Waals surface area (Å²) < 4.78 is 47.1. The fraction of sp³-hybridized carbons (Fsp3) is 0.292. The number of methoxy groups -OCH3 is 1. The smallest absolute Gasteiger partial charge is 0.187 e. The minimum Gasteiger partial charge on any atom is -0.495 e. The van der Waals surface area contributed by atoms with Crippen molar-refractivity contribution in [1.29, 1.82) is 0 Å². The Labute approximate surface area is 207 Å². The molecule has 0 saturated carbocycles. The number of rotatable bonds is 8. The molecule has 0 saturated heterocycles. The van der Waals surface area contributed by atoms with Crippen LogP contribution in [0.15, 0.2) is 48.8 Å². The second kappa shape index (κ2) is 10.1. The summed E-state index contributed by atoms with van der Waals surface area (Å²) in [6.45, 7) is 5.04. The van der Waals surface area contributed by atoms with Crippen LogP contribution in [0.2, 0.25) is 0 Å². The van der Waals surface area contributed by atoms with E-state index in [1.54, 1.807) is 16.7 Å². The minimum absolute atomic E-state index is 0.111. The fourth-order valence-electron chi connectivity index (χ4n) is 3.75. The monoisotopic (exact) mass is 512 g/mol. The molecule has 0 fully saturated rings. The van der Waals surface area contributed by atoms with E-state index in [0.29, 0.717) is 23.0 Å². The molecule has 0 aliphatic rings. The van der Waals surface area contributed by atoms with Gasteiger partial charge >= 0.3 is 0 Å². The summed E-state index contributed by atoms with van der Waals surface area (Å²) in [5.74, 6) is -0.497. The lowest BCUT2D eigenvalue weighted by Gasteiger charge is -2.19. The second-order valence-corrected chi connectivity index (χ2v) is 10.6. The van der Waals surface area contributed by atoms with Crippen LogP contribution in [0.25, 0.3) is 17.2 Å². The molecule has 2 atom stereocenters. The van der Waals surface area contributed by atoms with Gasteiger partial charge in [-0.25, -0.2) is 27.8 Å². The van der Waals surface area contributed by atoms with E-state index in [1.165, 1.54) is 14.0 Å². The van der Waals surface area contributed by atoms with Gasteiger partial charge < -0.3 is 9.84 Å². The number of hydrogen-bond donors (Lipinski definition) is 1. The molecular weight excluding hydrogens is 487 g/mol. The highest BCUT2D eigenvalue weighted by Crippen LogP contribution is 2.32. The van der Waals surface area contributed by atoms with Gasteiger partial charge in [-0.3, -0.25) is 4.57 Å². The van der Waals surface area contributed by atoms with Crippen molar-refractivity contribution in [2.75, 3.05) is 7.11 Å². The van der Waals surface area contributed by atoms with E-state index in [2.05, 4.69) is 25.1 Å². The molecule has 0 bridgehead atoms. The Balaban J connectivity index is 1.81. The molecule has 1 N–H and O–H groups in total. The van der Waals surface area contributed by atoms with Crippen LogP contribution >= 0.6 is 0 Å². The molecular formula is C24H25FN6O4S. The molecule has 12 heteroatoms. The number of halogens is 1. The quantitative estimate of drug-likeness (QED) is 0.378. The van der Waals surface area contributed by atoms with E-state index in [0.717, 1.165) is 23.7 Å². The standard InChI is InChI=1S/C24H25FN6O4S/c1-14-7-5-10-19(35-4)21(14)31-20(29-30-24(31)18-9-6-8-15(2)28-18)13-36(33,34)16(3)22(32)23-26-11-17(25)12-27-23/h5-12,16,22,32H,13H2,1-4H3/t16-,22+/m1/s1. The summed E-state index contributed by atoms with van der Waals surface area (Å²) in [5.41, 5.74) is 2.63. The molecule has 4 rings (SSSR count). The topological polar surface area (TPSA) is 133 Å². The molecule has 1 aromatic carbocycles. The van der Waals surface area contributed by atoms with Crippen molar-refractivity contribution in [2.45, 2.75) is 37.9 Å². The van der Waals surface area contributed by atoms with Gasteiger partial charge in [0.1, 0.15) is 23.3 Å². The van der Waals surface area contributed by atoms with E-state index in [1.807, 2.05) is 38.1 Å². The normalized spacial score (nSPS) is 13.4. The third-order valence-electron chi connectivity index (χ3n) is 5.74. The Morgan fingerprint density at radius 1 is 1.08 bits per heavy atom. The Bertz CT molecular complexity index is 1490. The van der Waals surface area contributed by atoms with Gasteiger partial charge in [-0.05, 0) is 44.5 Å². The maximum absolute atomic E-state index is 13.4. The number of aryl methyl sites for hydroxylation is 2. The Morgan fingerprint density at radius 2 is 1.78 bits per heavy atom. The van der Waals surface area contributed by atoms with Crippen LogP contribution in [0, 0.1) is 19.7 Å². The zero-order valence-electron chi connectivity index (χ0n) is 20.1. The van der Waals surface area contributed by atoms with E-state index in [9.17, 15) is 17.9 Å². The average molecular weight is 513 g/mol. The van der Waals surface area contributed by atoms with Crippen LogP contribution in [-0.4, -0.2) is 55.6 Å². The highest BCUT2D eigenvalue weighted by atomic mass is 32.2. The van der Waals surface area contributed by atoms with Gasteiger partial charge in [0.15, 0.2) is 33.1 Å². The molecule has 0 unspecified atom stereocenters. The highest BCUT2D eigenvalue weighted by molar-refractivity contribution is 7.91. The first-order valence-electron chi connectivity index (χ1n) is 11.0. The number of aliphatic hydroxyl groups excluding tert-OH is 1. The van der Waals surface area contributed by atoms with Crippen molar-refractivity contribution in [1.82, 2.24) is 29.7 Å². The van der Waals surface area contributed by atoms with E-state index < -0.39 is 32.8 Å². The molecule has 3 heterocycles. The lowest BCUT2D eigenvalue weighted by atomic mass is 10.1. The first kappa shape index (κ1) is 25.3. The lowest BCUT2D eigenvalue weighted by Crippen LogP contribution is -2.29. The predicted octanol–water partition coefficient (Wildman–Crippen LogP) is 2.92. The fourth-order valence-corrected chi connectivity index (χ4v) is 5.08. The van der Waals surface area contributed by atoms with Crippen molar-refractivity contribution >= 4 is 9.84 Å². The molecule has 188 valence electrons. The number of nitrogens with zero attached hydrogens (tertiary/aromatic N) is 6. The maximum atomic E-state index is 13.4. The molecule has 36 heavy (non-hydrogen) atoms. The number of benzene rings is 1. The zero-order chi connectivity index (χ0) is 26.0. The molecule has 0 aliphatic carbocycles. The summed E-state index contributed by atoms with van der Waals surface area (Å²) in [4.78, 5) is 12.0. The number of aliphatic hydroxyl groups is 1. The van der Waals surface area contributed by atoms with Gasteiger partial charge in [-0.2, -0.15) is 0 Å². The Hall–Kier alpha value is -3.77. The number of hydrogen-bond acceptors (Lipinski definition) is 9. The first-order chi connectivity index (χ1) is 17.1. The second-order valence-electron chi connectivity index (χ2n) is 8.28. The van der Waals surface area contributed by atoms with Crippen molar-refractivity contribution in [2.24, 2.45) is 0 Å². The van der Waals surface area contributed by atoms with Gasteiger partial charge in [-0.1, -0.05) is 18.2 Å². The highest BCUT2D eigenvalue weighted by Gasteiger charge is 2.34. The summed E-state index contributed by atoms with van der Waals surface area (Å²) in [7, 11) is -2.50. The summed E-state index contributed by atoms with van der Waals surface area (Å²) in [6.07, 6.45) is 0.165. The van der Waals surface area contributed by atoms with Gasteiger partial charge in [0.2, 0.25) is 0 Å². The number of sulfone groups is 1. The number of ether oxygens (including phenoxy) is 1. The van der Waals surface area contributed by atoms with E-state index in [4.69, 9.17) is 4.74 Å². The molecule has 3 aromatic heterocycles. The molecule has 0 spiro atoms. The molecule has 10 nitrogen and oxygen atoms in total. The number of aromatic nitrogens is 6. The van der Waals surface area contributed by atoms with Crippen LogP contribution in [0.4, 0.5) is 4.39 Å². The van der Waals surface area contributed by atoms with Crippen molar-refractivity contribution in [3.8, 4) is 23.0 Å². The lowest BCUT2D eigenvalue weighted by molar-refractivity contribution is 0.165. The number of para-hydroxylation sites is 1. The molecule has 0 radical (unpaired) electrons. The van der Waals surface area contributed by atoms with Gasteiger partial charge in [-0.15, -0.1) is 10.2 Å². The van der Waals surface area contributed by atoms with Crippen LogP contribution in [0.1, 0.15) is 35.9 Å². The molecule has 0 aliphatic heterocycles. The number of pyridine rings is 1.